The van der Waals surface area contributed by atoms with Gasteiger partial charge in [-0.25, -0.2) is 13.1 Å². The molecule has 0 aliphatic heterocycles. The summed E-state index contributed by atoms with van der Waals surface area (Å²) in [7, 11) is -2.08. The molecule has 4 nitrogen and oxygen atoms in total. The number of rotatable bonds is 6. The molecule has 23 heavy (non-hydrogen) atoms. The first-order valence-corrected chi connectivity index (χ1v) is 9.30. The normalized spacial score (nSPS) is 12.9. The lowest BCUT2D eigenvalue weighted by molar-refractivity contribution is 0.405. The van der Waals surface area contributed by atoms with Crippen molar-refractivity contribution >= 4 is 33.2 Å². The van der Waals surface area contributed by atoms with Crippen LogP contribution in [-0.2, 0) is 15.8 Å². The van der Waals surface area contributed by atoms with Crippen LogP contribution < -0.4 is 9.46 Å². The lowest BCUT2D eigenvalue weighted by atomic mass is 10.1. The largest absolute Gasteiger partial charge is 0.496 e. The molecule has 124 valence electrons. The molecule has 0 aliphatic rings. The number of halogens is 2. The summed E-state index contributed by atoms with van der Waals surface area (Å²) in [6, 6.07) is 11.7. The number of para-hydroxylation sites is 1. The lowest BCUT2D eigenvalue weighted by Gasteiger charge is -2.18. The third-order valence-corrected chi connectivity index (χ3v) is 5.45. The molecule has 0 fully saturated rings. The van der Waals surface area contributed by atoms with Crippen LogP contribution in [0.25, 0.3) is 0 Å². The highest BCUT2D eigenvalue weighted by Crippen LogP contribution is 2.28. The van der Waals surface area contributed by atoms with Gasteiger partial charge in [0.1, 0.15) is 5.75 Å². The van der Waals surface area contributed by atoms with Gasteiger partial charge in [0, 0.05) is 27.2 Å². The maximum absolute atomic E-state index is 12.4. The van der Waals surface area contributed by atoms with Crippen LogP contribution in [0.3, 0.4) is 0 Å². The molecule has 0 aromatic heterocycles. The first-order valence-electron chi connectivity index (χ1n) is 6.90. The Hall–Kier alpha value is -1.27. The van der Waals surface area contributed by atoms with Crippen molar-refractivity contribution in [3.8, 4) is 5.75 Å². The summed E-state index contributed by atoms with van der Waals surface area (Å²) in [5.74, 6) is 0.337. The Bertz CT molecular complexity index is 773. The van der Waals surface area contributed by atoms with Crippen molar-refractivity contribution < 1.29 is 13.2 Å². The van der Waals surface area contributed by atoms with Gasteiger partial charge < -0.3 is 4.74 Å². The third kappa shape index (κ3) is 4.61. The molecule has 1 N–H and O–H groups in total. The molecule has 7 heteroatoms. The summed E-state index contributed by atoms with van der Waals surface area (Å²) in [6.45, 7) is 1.75. The van der Waals surface area contributed by atoms with E-state index in [-0.39, 0.29) is 5.75 Å². The molecule has 0 amide bonds. The van der Waals surface area contributed by atoms with Gasteiger partial charge in [-0.3, -0.25) is 0 Å². The summed E-state index contributed by atoms with van der Waals surface area (Å²) in [5.41, 5.74) is 1.14. The Morgan fingerprint density at radius 1 is 1.09 bits per heavy atom. The van der Waals surface area contributed by atoms with Gasteiger partial charge >= 0.3 is 0 Å². The van der Waals surface area contributed by atoms with Gasteiger partial charge in [-0.1, -0.05) is 47.5 Å². The van der Waals surface area contributed by atoms with Crippen LogP contribution in [0.5, 0.6) is 5.75 Å². The molecule has 2 aromatic rings. The second kappa shape index (κ2) is 7.53. The molecule has 1 atom stereocenters. The highest BCUT2D eigenvalue weighted by Gasteiger charge is 2.21. The highest BCUT2D eigenvalue weighted by molar-refractivity contribution is 7.88. The Morgan fingerprint density at radius 2 is 1.70 bits per heavy atom. The predicted molar refractivity (Wildman–Crippen MR) is 93.6 cm³/mol. The summed E-state index contributed by atoms with van der Waals surface area (Å²) in [6.07, 6.45) is 0. The van der Waals surface area contributed by atoms with Crippen LogP contribution in [0, 0.1) is 0 Å². The first kappa shape index (κ1) is 18.1. The Morgan fingerprint density at radius 3 is 2.30 bits per heavy atom. The molecule has 0 saturated heterocycles. The zero-order valence-corrected chi connectivity index (χ0v) is 15.0. The van der Waals surface area contributed by atoms with Gasteiger partial charge in [-0.15, -0.1) is 0 Å². The second-order valence-electron chi connectivity index (χ2n) is 5.04. The van der Waals surface area contributed by atoms with E-state index in [4.69, 9.17) is 27.9 Å². The van der Waals surface area contributed by atoms with Gasteiger partial charge in [0.25, 0.3) is 0 Å². The van der Waals surface area contributed by atoms with E-state index in [2.05, 4.69) is 4.72 Å². The zero-order chi connectivity index (χ0) is 17.0. The van der Waals surface area contributed by atoms with Gasteiger partial charge in [0.05, 0.1) is 12.9 Å². The number of sulfonamides is 1. The van der Waals surface area contributed by atoms with Crippen LogP contribution in [-0.4, -0.2) is 15.5 Å². The van der Waals surface area contributed by atoms with Crippen molar-refractivity contribution in [2.75, 3.05) is 7.11 Å². The van der Waals surface area contributed by atoms with E-state index < -0.39 is 16.1 Å². The molecule has 0 radical (unpaired) electrons. The first-order chi connectivity index (χ1) is 10.8. The van der Waals surface area contributed by atoms with E-state index >= 15 is 0 Å². The molecule has 2 rings (SSSR count). The maximum atomic E-state index is 12.4. The molecule has 0 saturated carbocycles. The summed E-state index contributed by atoms with van der Waals surface area (Å²) in [4.78, 5) is 0. The van der Waals surface area contributed by atoms with Crippen molar-refractivity contribution in [3.63, 3.8) is 0 Å². The Labute approximate surface area is 146 Å². The van der Waals surface area contributed by atoms with E-state index in [0.717, 1.165) is 5.56 Å². The topological polar surface area (TPSA) is 55.4 Å². The fraction of sp³-hybridized carbons (Fsp3) is 0.250. The van der Waals surface area contributed by atoms with Crippen LogP contribution in [0.15, 0.2) is 42.5 Å². The minimum atomic E-state index is -3.63. The van der Waals surface area contributed by atoms with E-state index in [1.807, 2.05) is 18.2 Å². The fourth-order valence-electron chi connectivity index (χ4n) is 2.26. The molecule has 0 spiro atoms. The number of methoxy groups -OCH3 is 1. The number of benzene rings is 2. The van der Waals surface area contributed by atoms with Crippen molar-refractivity contribution in [3.05, 3.63) is 63.6 Å². The van der Waals surface area contributed by atoms with Gasteiger partial charge in [-0.2, -0.15) is 0 Å². The van der Waals surface area contributed by atoms with Gasteiger partial charge in [0.15, 0.2) is 0 Å². The van der Waals surface area contributed by atoms with E-state index in [1.54, 1.807) is 38.3 Å². The van der Waals surface area contributed by atoms with Gasteiger partial charge in [-0.05, 0) is 25.1 Å². The molecular weight excluding hydrogens is 357 g/mol. The van der Waals surface area contributed by atoms with E-state index in [9.17, 15) is 8.42 Å². The average Bonchev–Trinajstić information content (AvgIpc) is 2.50. The smallest absolute Gasteiger partial charge is 0.216 e. The number of ether oxygens (including phenoxy) is 1. The van der Waals surface area contributed by atoms with Crippen molar-refractivity contribution in [1.82, 2.24) is 4.72 Å². The molecule has 0 bridgehead atoms. The fourth-order valence-corrected chi connectivity index (χ4v) is 4.39. The summed E-state index contributed by atoms with van der Waals surface area (Å²) < 4.78 is 32.7. The number of hydrogen-bond donors (Lipinski definition) is 1. The second-order valence-corrected chi connectivity index (χ2v) is 7.61. The van der Waals surface area contributed by atoms with Crippen molar-refractivity contribution in [2.45, 2.75) is 18.7 Å². The molecule has 0 heterocycles. The number of nitrogens with one attached hydrogen (secondary N) is 1. The van der Waals surface area contributed by atoms with Gasteiger partial charge in [0.2, 0.25) is 10.0 Å². The average molecular weight is 374 g/mol. The van der Waals surface area contributed by atoms with E-state index in [0.29, 0.717) is 21.4 Å². The molecule has 0 aliphatic carbocycles. The summed E-state index contributed by atoms with van der Waals surface area (Å²) >= 11 is 12.1. The SMILES string of the molecule is COc1ccccc1[C@@H](C)NS(=O)(=O)Cc1c(Cl)cccc1Cl. The van der Waals surface area contributed by atoms with Crippen LogP contribution >= 0.6 is 23.2 Å². The standard InChI is InChI=1S/C16H17Cl2NO3S/c1-11(12-6-3-4-9-16(12)22-2)19-23(20,21)10-13-14(17)7-5-8-15(13)18/h3-9,11,19H,10H2,1-2H3/t11-/m1/s1. The Kier molecular flexibility index (Phi) is 5.92. The summed E-state index contributed by atoms with van der Waals surface area (Å²) in [5, 5.41) is 0.653. The van der Waals surface area contributed by atoms with Crippen LogP contribution in [0.4, 0.5) is 0 Å². The van der Waals surface area contributed by atoms with Crippen molar-refractivity contribution in [1.29, 1.82) is 0 Å². The Balaban J connectivity index is 2.21. The van der Waals surface area contributed by atoms with Crippen LogP contribution in [0.1, 0.15) is 24.1 Å². The van der Waals surface area contributed by atoms with Crippen molar-refractivity contribution in [2.24, 2.45) is 0 Å². The lowest BCUT2D eigenvalue weighted by Crippen LogP contribution is -2.28. The number of hydrogen-bond acceptors (Lipinski definition) is 3. The minimum absolute atomic E-state index is 0.287. The molecule has 0 unspecified atom stereocenters. The third-order valence-electron chi connectivity index (χ3n) is 3.36. The minimum Gasteiger partial charge on any atom is -0.496 e. The highest BCUT2D eigenvalue weighted by atomic mass is 35.5. The van der Waals surface area contributed by atoms with Crippen LogP contribution in [0.2, 0.25) is 10.0 Å². The molecular formula is C16H17Cl2NO3S. The van der Waals surface area contributed by atoms with E-state index in [1.165, 1.54) is 0 Å². The predicted octanol–water partition coefficient (Wildman–Crippen LogP) is 4.18. The maximum Gasteiger partial charge on any atom is 0.216 e. The zero-order valence-electron chi connectivity index (χ0n) is 12.7. The quantitative estimate of drug-likeness (QED) is 0.825. The molecule has 2 aromatic carbocycles. The monoisotopic (exact) mass is 373 g/mol.